The van der Waals surface area contributed by atoms with Gasteiger partial charge in [0.1, 0.15) is 10.0 Å². The van der Waals surface area contributed by atoms with E-state index in [1.165, 1.54) is 11.3 Å². The predicted octanol–water partition coefficient (Wildman–Crippen LogP) is 2.64. The van der Waals surface area contributed by atoms with E-state index in [0.717, 1.165) is 5.56 Å². The van der Waals surface area contributed by atoms with Crippen molar-refractivity contribution in [2.45, 2.75) is 26.9 Å². The number of amides is 2. The topological polar surface area (TPSA) is 71.8 Å². The van der Waals surface area contributed by atoms with Crippen LogP contribution < -0.4 is 10.6 Å². The summed E-state index contributed by atoms with van der Waals surface area (Å²) in [6, 6.07) is -0.311. The lowest BCUT2D eigenvalue weighted by Gasteiger charge is -2.06. The minimum Gasteiger partial charge on any atom is -0.332 e. The van der Waals surface area contributed by atoms with E-state index in [-0.39, 0.29) is 6.03 Å². The highest BCUT2D eigenvalue weighted by Gasteiger charge is 2.10. The lowest BCUT2D eigenvalue weighted by atomic mass is 10.3. The largest absolute Gasteiger partial charge is 0.332 e. The van der Waals surface area contributed by atoms with Gasteiger partial charge in [-0.15, -0.1) is 11.3 Å². The molecule has 0 spiro atoms. The summed E-state index contributed by atoms with van der Waals surface area (Å²) >= 11 is 7.37. The molecule has 2 aromatic heterocycles. The number of halogens is 1. The average molecular weight is 300 g/mol. The molecule has 0 radical (unpaired) electrons. The first-order valence-corrected chi connectivity index (χ1v) is 7.03. The molecule has 0 bridgehead atoms. The van der Waals surface area contributed by atoms with Crippen molar-refractivity contribution in [3.8, 4) is 0 Å². The molecule has 2 heterocycles. The van der Waals surface area contributed by atoms with E-state index in [4.69, 9.17) is 11.6 Å². The Morgan fingerprint density at radius 2 is 2.37 bits per heavy atom. The molecule has 2 rings (SSSR count). The van der Waals surface area contributed by atoms with Crippen molar-refractivity contribution in [2.24, 2.45) is 0 Å². The number of rotatable bonds is 4. The maximum absolute atomic E-state index is 11.7. The summed E-state index contributed by atoms with van der Waals surface area (Å²) in [7, 11) is 0. The first-order chi connectivity index (χ1) is 9.10. The highest BCUT2D eigenvalue weighted by atomic mass is 35.5. The number of carbonyl (C=O) groups is 1. The molecular formula is C11H14ClN5OS. The van der Waals surface area contributed by atoms with Crippen LogP contribution in [0.4, 0.5) is 10.5 Å². The van der Waals surface area contributed by atoms with Gasteiger partial charge in [0.2, 0.25) is 0 Å². The lowest BCUT2D eigenvalue weighted by Crippen LogP contribution is -2.28. The van der Waals surface area contributed by atoms with E-state index in [1.807, 2.05) is 19.2 Å². The Kier molecular flexibility index (Phi) is 4.39. The minimum atomic E-state index is -0.311. The monoisotopic (exact) mass is 299 g/mol. The van der Waals surface area contributed by atoms with Crippen LogP contribution >= 0.6 is 22.9 Å². The zero-order valence-electron chi connectivity index (χ0n) is 10.6. The smallest absolute Gasteiger partial charge is 0.319 e. The van der Waals surface area contributed by atoms with Crippen molar-refractivity contribution in [1.82, 2.24) is 20.3 Å². The van der Waals surface area contributed by atoms with Gasteiger partial charge in [-0.25, -0.2) is 4.79 Å². The number of thiophene rings is 1. The van der Waals surface area contributed by atoms with Crippen LogP contribution in [0, 0.1) is 6.92 Å². The third-order valence-corrected chi connectivity index (χ3v) is 3.80. The van der Waals surface area contributed by atoms with Crippen molar-refractivity contribution < 1.29 is 4.79 Å². The number of hydrogen-bond acceptors (Lipinski definition) is 4. The number of nitrogens with one attached hydrogen (secondary N) is 2. The number of aryl methyl sites for hydroxylation is 2. The molecule has 19 heavy (non-hydrogen) atoms. The van der Waals surface area contributed by atoms with Crippen LogP contribution in [0.1, 0.15) is 18.2 Å². The molecule has 102 valence electrons. The Morgan fingerprint density at radius 1 is 1.58 bits per heavy atom. The molecule has 6 nitrogen and oxygen atoms in total. The van der Waals surface area contributed by atoms with E-state index < -0.39 is 0 Å². The molecule has 0 unspecified atom stereocenters. The van der Waals surface area contributed by atoms with E-state index >= 15 is 0 Å². The highest BCUT2D eigenvalue weighted by molar-refractivity contribution is 7.15. The number of carbonyl (C=O) groups excluding carboxylic acids is 1. The van der Waals surface area contributed by atoms with Crippen LogP contribution in [0.5, 0.6) is 0 Å². The van der Waals surface area contributed by atoms with Gasteiger partial charge >= 0.3 is 6.03 Å². The van der Waals surface area contributed by atoms with Gasteiger partial charge in [0.05, 0.1) is 25.0 Å². The third kappa shape index (κ3) is 3.45. The van der Waals surface area contributed by atoms with Crippen LogP contribution in [0.3, 0.4) is 0 Å². The molecule has 0 saturated heterocycles. The van der Waals surface area contributed by atoms with Gasteiger partial charge in [-0.2, -0.15) is 15.0 Å². The summed E-state index contributed by atoms with van der Waals surface area (Å²) in [5.74, 6) is 0. The summed E-state index contributed by atoms with van der Waals surface area (Å²) in [6.45, 7) is 4.87. The second-order valence-electron chi connectivity index (χ2n) is 3.90. The van der Waals surface area contributed by atoms with Crippen LogP contribution in [0.15, 0.2) is 11.6 Å². The fourth-order valence-electron chi connectivity index (χ4n) is 1.46. The van der Waals surface area contributed by atoms with Gasteiger partial charge in [0, 0.05) is 0 Å². The molecule has 0 aliphatic rings. The SMILES string of the molecule is CCn1ncc(CNC(=O)Nc2c(C)csc2Cl)n1. The molecule has 8 heteroatoms. The summed E-state index contributed by atoms with van der Waals surface area (Å²) in [6.07, 6.45) is 1.63. The fraction of sp³-hybridized carbons (Fsp3) is 0.364. The third-order valence-electron chi connectivity index (χ3n) is 2.47. The van der Waals surface area contributed by atoms with Gasteiger partial charge in [0.15, 0.2) is 0 Å². The molecule has 2 N–H and O–H groups in total. The number of urea groups is 1. The molecule has 0 aromatic carbocycles. The quantitative estimate of drug-likeness (QED) is 0.911. The molecule has 0 aliphatic carbocycles. The maximum atomic E-state index is 11.7. The predicted molar refractivity (Wildman–Crippen MR) is 75.6 cm³/mol. The molecule has 0 fully saturated rings. The van der Waals surface area contributed by atoms with Gasteiger partial charge < -0.3 is 10.6 Å². The van der Waals surface area contributed by atoms with Gasteiger partial charge in [-0.1, -0.05) is 11.6 Å². The highest BCUT2D eigenvalue weighted by Crippen LogP contribution is 2.32. The maximum Gasteiger partial charge on any atom is 0.319 e. The Balaban J connectivity index is 1.88. The zero-order chi connectivity index (χ0) is 13.8. The van der Waals surface area contributed by atoms with E-state index in [9.17, 15) is 4.79 Å². The number of hydrogen-bond donors (Lipinski definition) is 2. The van der Waals surface area contributed by atoms with Crippen molar-refractivity contribution >= 4 is 34.7 Å². The van der Waals surface area contributed by atoms with Crippen molar-refractivity contribution in [3.63, 3.8) is 0 Å². The fourth-order valence-corrected chi connectivity index (χ4v) is 2.51. The normalized spacial score (nSPS) is 10.5. The van der Waals surface area contributed by atoms with Crippen molar-refractivity contribution in [1.29, 1.82) is 0 Å². The molecule has 0 aliphatic heterocycles. The van der Waals surface area contributed by atoms with Gasteiger partial charge in [0.25, 0.3) is 0 Å². The summed E-state index contributed by atoms with van der Waals surface area (Å²) in [5, 5.41) is 15.5. The summed E-state index contributed by atoms with van der Waals surface area (Å²) in [4.78, 5) is 13.3. The van der Waals surface area contributed by atoms with Crippen LogP contribution in [-0.4, -0.2) is 21.0 Å². The van der Waals surface area contributed by atoms with E-state index in [0.29, 0.717) is 28.8 Å². The first-order valence-electron chi connectivity index (χ1n) is 5.77. The zero-order valence-corrected chi connectivity index (χ0v) is 12.2. The molecular weight excluding hydrogens is 286 g/mol. The van der Waals surface area contributed by atoms with Crippen LogP contribution in [0.2, 0.25) is 4.34 Å². The summed E-state index contributed by atoms with van der Waals surface area (Å²) < 4.78 is 0.574. The Labute approximate surface area is 119 Å². The number of nitrogens with zero attached hydrogens (tertiary/aromatic N) is 3. The van der Waals surface area contributed by atoms with Crippen molar-refractivity contribution in [3.05, 3.63) is 27.2 Å². The van der Waals surface area contributed by atoms with Crippen LogP contribution in [0.25, 0.3) is 0 Å². The van der Waals surface area contributed by atoms with E-state index in [2.05, 4.69) is 20.8 Å². The van der Waals surface area contributed by atoms with Gasteiger partial charge in [-0.05, 0) is 24.8 Å². The van der Waals surface area contributed by atoms with Gasteiger partial charge in [-0.3, -0.25) is 0 Å². The first kappa shape index (κ1) is 13.8. The minimum absolute atomic E-state index is 0.311. The molecule has 0 saturated carbocycles. The number of aromatic nitrogens is 3. The molecule has 2 amide bonds. The Bertz CT molecular complexity index is 560. The van der Waals surface area contributed by atoms with Crippen molar-refractivity contribution in [2.75, 3.05) is 5.32 Å². The average Bonchev–Trinajstić information content (AvgIpc) is 2.98. The van der Waals surface area contributed by atoms with E-state index in [1.54, 1.807) is 11.0 Å². The lowest BCUT2D eigenvalue weighted by molar-refractivity contribution is 0.251. The summed E-state index contributed by atoms with van der Waals surface area (Å²) in [5.41, 5.74) is 2.31. The Morgan fingerprint density at radius 3 is 2.95 bits per heavy atom. The second-order valence-corrected chi connectivity index (χ2v) is 5.38. The number of anilines is 1. The standard InChI is InChI=1S/C11H14ClN5OS/c1-3-17-14-5-8(16-17)4-13-11(18)15-9-7(2)6-19-10(9)12/h5-6H,3-4H2,1-2H3,(H2,13,15,18). The second kappa shape index (κ2) is 6.03. The molecule has 0 atom stereocenters. The van der Waals surface area contributed by atoms with Crippen LogP contribution in [-0.2, 0) is 13.1 Å². The Hall–Kier alpha value is -1.60. The molecule has 2 aromatic rings.